The number of aromatic nitrogens is 1. The van der Waals surface area contributed by atoms with E-state index in [1.165, 1.54) is 25.0 Å². The van der Waals surface area contributed by atoms with Crippen molar-refractivity contribution in [2.75, 3.05) is 16.9 Å². The molecule has 1 aromatic rings. The number of hydrogen-bond acceptors (Lipinski definition) is 6. The molecule has 0 spiro atoms. The predicted octanol–water partition coefficient (Wildman–Crippen LogP) is 1.90. The first kappa shape index (κ1) is 13.5. The zero-order valence-electron chi connectivity index (χ0n) is 11.2. The second kappa shape index (κ2) is 5.40. The molecule has 1 aromatic heterocycles. The van der Waals surface area contributed by atoms with E-state index in [4.69, 9.17) is 5.84 Å². The minimum Gasteiger partial charge on any atom is -0.348 e. The summed E-state index contributed by atoms with van der Waals surface area (Å²) in [6.07, 6.45) is 2.37. The molecule has 0 atom stereocenters. The van der Waals surface area contributed by atoms with Crippen LogP contribution in [0.2, 0.25) is 0 Å². The minimum absolute atomic E-state index is 0.0216. The number of pyridine rings is 1. The molecule has 0 bridgehead atoms. The first-order chi connectivity index (χ1) is 9.02. The lowest BCUT2D eigenvalue weighted by Crippen LogP contribution is -2.34. The summed E-state index contributed by atoms with van der Waals surface area (Å²) in [6.45, 7) is 4.83. The van der Waals surface area contributed by atoms with Crippen molar-refractivity contribution in [1.29, 1.82) is 0 Å². The Hall–Kier alpha value is -1.89. The molecular formula is C12H19N5O2. The SMILES string of the molecule is CC(C)N(CC1CC1)c1nc(NN)ccc1[N+](=O)[O-]. The van der Waals surface area contributed by atoms with Crippen molar-refractivity contribution in [3.63, 3.8) is 0 Å². The van der Waals surface area contributed by atoms with Gasteiger partial charge in [0.25, 0.3) is 0 Å². The summed E-state index contributed by atoms with van der Waals surface area (Å²) in [4.78, 5) is 17.0. The van der Waals surface area contributed by atoms with Gasteiger partial charge in [0, 0.05) is 18.7 Å². The molecule has 1 heterocycles. The summed E-state index contributed by atoms with van der Waals surface area (Å²) in [5.41, 5.74) is 2.46. The van der Waals surface area contributed by atoms with Crippen LogP contribution in [-0.4, -0.2) is 22.5 Å². The lowest BCUT2D eigenvalue weighted by Gasteiger charge is -2.27. The molecule has 1 aliphatic rings. The summed E-state index contributed by atoms with van der Waals surface area (Å²) in [5, 5.41) is 11.1. The van der Waals surface area contributed by atoms with Crippen LogP contribution in [0.25, 0.3) is 0 Å². The van der Waals surface area contributed by atoms with Crippen LogP contribution in [0.1, 0.15) is 26.7 Å². The fraction of sp³-hybridized carbons (Fsp3) is 0.583. The number of nitrogens with zero attached hydrogens (tertiary/aromatic N) is 3. The van der Waals surface area contributed by atoms with E-state index in [0.29, 0.717) is 17.6 Å². The maximum Gasteiger partial charge on any atom is 0.311 e. The lowest BCUT2D eigenvalue weighted by atomic mass is 10.2. The largest absolute Gasteiger partial charge is 0.348 e. The van der Waals surface area contributed by atoms with Crippen molar-refractivity contribution in [3.05, 3.63) is 22.2 Å². The molecule has 0 radical (unpaired) electrons. The van der Waals surface area contributed by atoms with Crippen LogP contribution in [0.15, 0.2) is 12.1 Å². The molecule has 3 N–H and O–H groups in total. The first-order valence-corrected chi connectivity index (χ1v) is 6.41. The number of hydrazine groups is 1. The molecule has 2 rings (SSSR count). The zero-order valence-corrected chi connectivity index (χ0v) is 11.2. The molecule has 0 unspecified atom stereocenters. The van der Waals surface area contributed by atoms with Gasteiger partial charge in [0.15, 0.2) is 0 Å². The van der Waals surface area contributed by atoms with Crippen molar-refractivity contribution >= 4 is 17.3 Å². The zero-order chi connectivity index (χ0) is 14.0. The van der Waals surface area contributed by atoms with Gasteiger partial charge >= 0.3 is 5.69 Å². The number of anilines is 2. The summed E-state index contributed by atoms with van der Waals surface area (Å²) < 4.78 is 0. The Kier molecular flexibility index (Phi) is 3.84. The smallest absolute Gasteiger partial charge is 0.311 e. The van der Waals surface area contributed by atoms with E-state index in [9.17, 15) is 10.1 Å². The highest BCUT2D eigenvalue weighted by Gasteiger charge is 2.30. The number of nitrogens with one attached hydrogen (secondary N) is 1. The van der Waals surface area contributed by atoms with Crippen molar-refractivity contribution in [2.45, 2.75) is 32.7 Å². The van der Waals surface area contributed by atoms with Gasteiger partial charge in [-0.1, -0.05) is 0 Å². The average Bonchev–Trinajstić information content (AvgIpc) is 3.18. The maximum absolute atomic E-state index is 11.1. The van der Waals surface area contributed by atoms with Crippen LogP contribution < -0.4 is 16.2 Å². The Morgan fingerprint density at radius 3 is 2.74 bits per heavy atom. The summed E-state index contributed by atoms with van der Waals surface area (Å²) in [6, 6.07) is 3.11. The Balaban J connectivity index is 2.39. The van der Waals surface area contributed by atoms with Gasteiger partial charge in [-0.3, -0.25) is 10.1 Å². The van der Waals surface area contributed by atoms with Gasteiger partial charge in [0.1, 0.15) is 5.82 Å². The van der Waals surface area contributed by atoms with Gasteiger partial charge in [-0.15, -0.1) is 0 Å². The van der Waals surface area contributed by atoms with Gasteiger partial charge < -0.3 is 10.3 Å². The molecule has 0 aliphatic heterocycles. The number of rotatable bonds is 6. The molecule has 19 heavy (non-hydrogen) atoms. The van der Waals surface area contributed by atoms with E-state index in [0.717, 1.165) is 6.54 Å². The third kappa shape index (κ3) is 3.11. The molecular weight excluding hydrogens is 246 g/mol. The minimum atomic E-state index is -0.398. The third-order valence-electron chi connectivity index (χ3n) is 3.25. The monoisotopic (exact) mass is 265 g/mol. The second-order valence-corrected chi connectivity index (χ2v) is 5.13. The highest BCUT2D eigenvalue weighted by Crippen LogP contribution is 2.35. The van der Waals surface area contributed by atoms with E-state index in [1.807, 2.05) is 18.7 Å². The quantitative estimate of drug-likeness (QED) is 0.463. The van der Waals surface area contributed by atoms with Crippen LogP contribution in [0.4, 0.5) is 17.3 Å². The first-order valence-electron chi connectivity index (χ1n) is 6.41. The summed E-state index contributed by atoms with van der Waals surface area (Å²) in [7, 11) is 0. The topological polar surface area (TPSA) is 97.3 Å². The Labute approximate surface area is 111 Å². The Morgan fingerprint density at radius 2 is 2.26 bits per heavy atom. The molecule has 0 saturated heterocycles. The van der Waals surface area contributed by atoms with Gasteiger partial charge in [0.05, 0.1) is 4.92 Å². The average molecular weight is 265 g/mol. The highest BCUT2D eigenvalue weighted by molar-refractivity contribution is 5.62. The molecule has 1 saturated carbocycles. The van der Waals surface area contributed by atoms with E-state index in [1.54, 1.807) is 0 Å². The van der Waals surface area contributed by atoms with Crippen LogP contribution in [0.3, 0.4) is 0 Å². The molecule has 0 aromatic carbocycles. The molecule has 104 valence electrons. The molecule has 0 amide bonds. The molecule has 1 aliphatic carbocycles. The van der Waals surface area contributed by atoms with E-state index in [2.05, 4.69) is 10.4 Å². The van der Waals surface area contributed by atoms with Gasteiger partial charge in [-0.05, 0) is 38.7 Å². The van der Waals surface area contributed by atoms with Crippen LogP contribution in [-0.2, 0) is 0 Å². The van der Waals surface area contributed by atoms with E-state index < -0.39 is 4.92 Å². The summed E-state index contributed by atoms with van der Waals surface area (Å²) >= 11 is 0. The van der Waals surface area contributed by atoms with Gasteiger partial charge in [0.2, 0.25) is 5.82 Å². The number of nitrogen functional groups attached to an aromatic ring is 1. The molecule has 1 fully saturated rings. The van der Waals surface area contributed by atoms with E-state index >= 15 is 0 Å². The predicted molar refractivity (Wildman–Crippen MR) is 73.9 cm³/mol. The number of nitrogens with two attached hydrogens (primary N) is 1. The van der Waals surface area contributed by atoms with Gasteiger partial charge in [-0.25, -0.2) is 10.8 Å². The maximum atomic E-state index is 11.1. The molecule has 7 nitrogen and oxygen atoms in total. The van der Waals surface area contributed by atoms with Crippen LogP contribution in [0.5, 0.6) is 0 Å². The fourth-order valence-electron chi connectivity index (χ4n) is 2.00. The van der Waals surface area contributed by atoms with Crippen molar-refractivity contribution in [3.8, 4) is 0 Å². The number of nitro groups is 1. The van der Waals surface area contributed by atoms with Gasteiger partial charge in [-0.2, -0.15) is 0 Å². The van der Waals surface area contributed by atoms with Crippen molar-refractivity contribution < 1.29 is 4.92 Å². The van der Waals surface area contributed by atoms with Crippen LogP contribution in [0, 0.1) is 16.0 Å². The van der Waals surface area contributed by atoms with E-state index in [-0.39, 0.29) is 11.7 Å². The normalized spacial score (nSPS) is 14.5. The lowest BCUT2D eigenvalue weighted by molar-refractivity contribution is -0.384. The highest BCUT2D eigenvalue weighted by atomic mass is 16.6. The Morgan fingerprint density at radius 1 is 1.58 bits per heavy atom. The fourth-order valence-corrected chi connectivity index (χ4v) is 2.00. The molecule has 7 heteroatoms. The number of hydrogen-bond donors (Lipinski definition) is 2. The van der Waals surface area contributed by atoms with Crippen LogP contribution >= 0.6 is 0 Å². The second-order valence-electron chi connectivity index (χ2n) is 5.13. The summed E-state index contributed by atoms with van der Waals surface area (Å²) in [5.74, 6) is 6.78. The van der Waals surface area contributed by atoms with Crippen molar-refractivity contribution in [2.24, 2.45) is 11.8 Å². The third-order valence-corrected chi connectivity index (χ3v) is 3.25. The van der Waals surface area contributed by atoms with Crippen molar-refractivity contribution in [1.82, 2.24) is 4.98 Å². The standard InChI is InChI=1S/C12H19N5O2/c1-8(2)16(7-9-3-4-9)12-10(17(18)19)5-6-11(14-12)15-13/h5-6,8-9H,3-4,7,13H2,1-2H3,(H,14,15). The Bertz CT molecular complexity index is 473.